The van der Waals surface area contributed by atoms with Gasteiger partial charge in [0.05, 0.1) is 5.92 Å². The molecule has 0 unspecified atom stereocenters. The van der Waals surface area contributed by atoms with Gasteiger partial charge in [-0.05, 0) is 39.8 Å². The number of amides is 4. The molecule has 8 heteroatoms. The number of imide groups is 1. The van der Waals surface area contributed by atoms with E-state index in [9.17, 15) is 19.2 Å². The van der Waals surface area contributed by atoms with E-state index >= 15 is 0 Å². The smallest absolute Gasteiger partial charge is 0.321 e. The molecule has 8 nitrogen and oxygen atoms in total. The second-order valence-corrected chi connectivity index (χ2v) is 7.60. The number of nitrogens with one attached hydrogen (secondary N) is 2. The van der Waals surface area contributed by atoms with Gasteiger partial charge < -0.3 is 15.0 Å². The van der Waals surface area contributed by atoms with Gasteiger partial charge in [-0.1, -0.05) is 17.7 Å². The summed E-state index contributed by atoms with van der Waals surface area (Å²) < 4.78 is 4.96. The lowest BCUT2D eigenvalue weighted by Gasteiger charge is -2.20. The van der Waals surface area contributed by atoms with Gasteiger partial charge in [0.15, 0.2) is 6.61 Å². The number of aryl methyl sites for hydroxylation is 1. The van der Waals surface area contributed by atoms with Crippen molar-refractivity contribution in [3.05, 3.63) is 29.8 Å². The average Bonchev–Trinajstić information content (AvgIpc) is 2.93. The largest absolute Gasteiger partial charge is 0.455 e. The number of nitrogens with zero attached hydrogens (tertiary/aromatic N) is 1. The van der Waals surface area contributed by atoms with Crippen molar-refractivity contribution in [2.24, 2.45) is 5.92 Å². The standard InChI is InChI=1S/C19H25N3O5/c1-12-5-7-14(8-6-12)22-10-13(9-16(22)24)17(25)27-11-15(23)20-18(26)21-19(2,3)4/h5-8,13H,9-11H2,1-4H3,(H2,20,21,23,26)/t13-/m1/s1. The van der Waals surface area contributed by atoms with Crippen LogP contribution in [0, 0.1) is 12.8 Å². The van der Waals surface area contributed by atoms with Crippen molar-refractivity contribution in [2.45, 2.75) is 39.7 Å². The Labute approximate surface area is 158 Å². The summed E-state index contributed by atoms with van der Waals surface area (Å²) in [5.41, 5.74) is 1.30. The van der Waals surface area contributed by atoms with Crippen molar-refractivity contribution >= 4 is 29.5 Å². The van der Waals surface area contributed by atoms with Gasteiger partial charge in [-0.2, -0.15) is 0 Å². The predicted octanol–water partition coefficient (Wildman–Crippen LogP) is 1.52. The van der Waals surface area contributed by atoms with Crippen LogP contribution in [0.4, 0.5) is 10.5 Å². The number of ether oxygens (including phenoxy) is 1. The third-order valence-corrected chi connectivity index (χ3v) is 3.89. The molecule has 1 atom stereocenters. The first-order valence-electron chi connectivity index (χ1n) is 8.71. The highest BCUT2D eigenvalue weighted by atomic mass is 16.5. The summed E-state index contributed by atoms with van der Waals surface area (Å²) in [5, 5.41) is 4.65. The van der Waals surface area contributed by atoms with Crippen LogP contribution >= 0.6 is 0 Å². The van der Waals surface area contributed by atoms with E-state index in [1.54, 1.807) is 20.8 Å². The van der Waals surface area contributed by atoms with Crippen LogP contribution < -0.4 is 15.5 Å². The number of esters is 1. The van der Waals surface area contributed by atoms with Gasteiger partial charge in [-0.15, -0.1) is 0 Å². The van der Waals surface area contributed by atoms with E-state index in [2.05, 4.69) is 10.6 Å². The quantitative estimate of drug-likeness (QED) is 0.777. The third kappa shape index (κ3) is 6.09. The zero-order chi connectivity index (χ0) is 20.2. The molecule has 4 amide bonds. The Hall–Kier alpha value is -2.90. The van der Waals surface area contributed by atoms with Crippen LogP contribution in [0.15, 0.2) is 24.3 Å². The molecule has 0 spiro atoms. The number of hydrogen-bond acceptors (Lipinski definition) is 5. The van der Waals surface area contributed by atoms with Crippen LogP contribution in [0.2, 0.25) is 0 Å². The van der Waals surface area contributed by atoms with Gasteiger partial charge in [0.1, 0.15) is 0 Å². The maximum absolute atomic E-state index is 12.2. The molecule has 1 aromatic rings. The molecule has 2 N–H and O–H groups in total. The Morgan fingerprint density at radius 3 is 2.41 bits per heavy atom. The first-order chi connectivity index (χ1) is 12.5. The molecule has 1 aromatic carbocycles. The number of urea groups is 1. The highest BCUT2D eigenvalue weighted by Gasteiger charge is 2.36. The summed E-state index contributed by atoms with van der Waals surface area (Å²) in [7, 11) is 0. The van der Waals surface area contributed by atoms with Crippen LogP contribution in [0.1, 0.15) is 32.8 Å². The van der Waals surface area contributed by atoms with Crippen LogP contribution in [0.5, 0.6) is 0 Å². The molecule has 1 fully saturated rings. The second kappa shape index (κ2) is 8.20. The lowest BCUT2D eigenvalue weighted by Crippen LogP contribution is -2.49. The molecule has 146 valence electrons. The van der Waals surface area contributed by atoms with E-state index in [4.69, 9.17) is 4.74 Å². The molecule has 0 aliphatic carbocycles. The summed E-state index contributed by atoms with van der Waals surface area (Å²) in [6.45, 7) is 6.89. The normalized spacial score (nSPS) is 16.8. The molecule has 27 heavy (non-hydrogen) atoms. The van der Waals surface area contributed by atoms with Gasteiger partial charge in [-0.3, -0.25) is 19.7 Å². The van der Waals surface area contributed by atoms with Gasteiger partial charge in [0, 0.05) is 24.2 Å². The van der Waals surface area contributed by atoms with Gasteiger partial charge >= 0.3 is 12.0 Å². The fourth-order valence-electron chi connectivity index (χ4n) is 2.63. The van der Waals surface area contributed by atoms with Gasteiger partial charge in [0.2, 0.25) is 5.91 Å². The van der Waals surface area contributed by atoms with Gasteiger partial charge in [-0.25, -0.2) is 4.79 Å². The molecule has 0 aromatic heterocycles. The number of rotatable bonds is 4. The fourth-order valence-corrected chi connectivity index (χ4v) is 2.63. The maximum atomic E-state index is 12.2. The highest BCUT2D eigenvalue weighted by molar-refractivity contribution is 6.00. The van der Waals surface area contributed by atoms with Crippen LogP contribution in [0.3, 0.4) is 0 Å². The lowest BCUT2D eigenvalue weighted by molar-refractivity contribution is -0.152. The Morgan fingerprint density at radius 1 is 1.19 bits per heavy atom. The molecule has 1 aliphatic heterocycles. The highest BCUT2D eigenvalue weighted by Crippen LogP contribution is 2.26. The first kappa shape index (κ1) is 20.4. The number of carbonyl (C=O) groups excluding carboxylic acids is 4. The van der Waals surface area contributed by atoms with E-state index < -0.39 is 36.0 Å². The molecular weight excluding hydrogens is 350 g/mol. The van der Waals surface area contributed by atoms with Crippen molar-refractivity contribution in [3.8, 4) is 0 Å². The Morgan fingerprint density at radius 2 is 1.81 bits per heavy atom. The molecule has 1 aliphatic rings. The number of anilines is 1. The first-order valence-corrected chi connectivity index (χ1v) is 8.71. The van der Waals surface area contributed by atoms with E-state index in [1.165, 1.54) is 4.90 Å². The average molecular weight is 375 g/mol. The summed E-state index contributed by atoms with van der Waals surface area (Å²) in [5.74, 6) is -2.18. The molecule has 0 saturated carbocycles. The van der Waals surface area contributed by atoms with E-state index in [-0.39, 0.29) is 18.9 Å². The fraction of sp³-hybridized carbons (Fsp3) is 0.474. The Balaban J connectivity index is 1.83. The number of carbonyl (C=O) groups is 4. The Kier molecular flexibility index (Phi) is 6.20. The summed E-state index contributed by atoms with van der Waals surface area (Å²) in [4.78, 5) is 49.2. The number of hydrogen-bond donors (Lipinski definition) is 2. The van der Waals surface area contributed by atoms with Crippen molar-refractivity contribution in [2.75, 3.05) is 18.1 Å². The van der Waals surface area contributed by atoms with Gasteiger partial charge in [0.25, 0.3) is 5.91 Å². The SMILES string of the molecule is Cc1ccc(N2C[C@H](C(=O)OCC(=O)NC(=O)NC(C)(C)C)CC2=O)cc1. The van der Waals surface area contributed by atoms with E-state index in [0.29, 0.717) is 0 Å². The van der Waals surface area contributed by atoms with Crippen molar-refractivity contribution < 1.29 is 23.9 Å². The van der Waals surface area contributed by atoms with E-state index in [1.807, 2.05) is 31.2 Å². The molecule has 1 saturated heterocycles. The second-order valence-electron chi connectivity index (χ2n) is 7.60. The molecule has 1 heterocycles. The van der Waals surface area contributed by atoms with E-state index in [0.717, 1.165) is 11.3 Å². The number of benzene rings is 1. The summed E-state index contributed by atoms with van der Waals surface area (Å²) in [6.07, 6.45) is 0.0266. The predicted molar refractivity (Wildman–Crippen MR) is 99.0 cm³/mol. The molecular formula is C19H25N3O5. The topological polar surface area (TPSA) is 105 Å². The van der Waals surface area contributed by atoms with Crippen LogP contribution in [-0.2, 0) is 19.1 Å². The van der Waals surface area contributed by atoms with Crippen molar-refractivity contribution in [3.63, 3.8) is 0 Å². The monoisotopic (exact) mass is 375 g/mol. The van der Waals surface area contributed by atoms with Crippen LogP contribution in [0.25, 0.3) is 0 Å². The Bertz CT molecular complexity index is 737. The summed E-state index contributed by atoms with van der Waals surface area (Å²) >= 11 is 0. The minimum Gasteiger partial charge on any atom is -0.455 e. The molecule has 0 bridgehead atoms. The van der Waals surface area contributed by atoms with Crippen molar-refractivity contribution in [1.29, 1.82) is 0 Å². The zero-order valence-corrected chi connectivity index (χ0v) is 16.0. The minimum atomic E-state index is -0.732. The molecule has 2 rings (SSSR count). The molecule has 0 radical (unpaired) electrons. The summed E-state index contributed by atoms with van der Waals surface area (Å²) in [6, 6.07) is 6.76. The maximum Gasteiger partial charge on any atom is 0.321 e. The van der Waals surface area contributed by atoms with Crippen molar-refractivity contribution in [1.82, 2.24) is 10.6 Å². The van der Waals surface area contributed by atoms with Crippen LogP contribution in [-0.4, -0.2) is 42.5 Å². The third-order valence-electron chi connectivity index (χ3n) is 3.89. The minimum absolute atomic E-state index is 0.0266. The zero-order valence-electron chi connectivity index (χ0n) is 16.0. The lowest BCUT2D eigenvalue weighted by atomic mass is 10.1.